The third kappa shape index (κ3) is 4.44. The maximum atomic E-state index is 12.7. The van der Waals surface area contributed by atoms with Crippen molar-refractivity contribution >= 4 is 10.0 Å². The van der Waals surface area contributed by atoms with Crippen molar-refractivity contribution < 1.29 is 17.9 Å². The van der Waals surface area contributed by atoms with E-state index in [2.05, 4.69) is 9.62 Å². The van der Waals surface area contributed by atoms with Crippen LogP contribution in [-0.4, -0.2) is 59.3 Å². The molecule has 1 aromatic carbocycles. The van der Waals surface area contributed by atoms with Crippen molar-refractivity contribution in [2.75, 3.05) is 40.0 Å². The average Bonchev–Trinajstić information content (AvgIpc) is 2.52. The molecule has 6 nitrogen and oxygen atoms in total. The van der Waals surface area contributed by atoms with Gasteiger partial charge in [0.25, 0.3) is 0 Å². The Morgan fingerprint density at radius 1 is 1.26 bits per heavy atom. The summed E-state index contributed by atoms with van der Waals surface area (Å²) in [6.45, 7) is 9.06. The molecule has 0 saturated carbocycles. The van der Waals surface area contributed by atoms with Gasteiger partial charge in [0.05, 0.1) is 25.2 Å². The molecule has 1 aromatic rings. The number of aryl methyl sites for hydroxylation is 2. The lowest BCUT2D eigenvalue weighted by Gasteiger charge is -2.32. The molecule has 0 spiro atoms. The molecule has 0 amide bonds. The van der Waals surface area contributed by atoms with Gasteiger partial charge in [-0.25, -0.2) is 13.1 Å². The number of sulfonamides is 1. The Bertz CT molecular complexity index is 616. The SMILES string of the molecule is COc1cc(C)c(S(=O)(=O)NC[C@@H](C)N2CCOCC2)c(C)c1. The lowest BCUT2D eigenvalue weighted by molar-refractivity contribution is 0.0213. The minimum atomic E-state index is -3.54. The number of nitrogens with one attached hydrogen (secondary N) is 1. The molecule has 0 bridgehead atoms. The van der Waals surface area contributed by atoms with Crippen molar-refractivity contribution in [1.29, 1.82) is 0 Å². The first-order chi connectivity index (χ1) is 10.8. The van der Waals surface area contributed by atoms with Crippen LogP contribution in [0.15, 0.2) is 17.0 Å². The Balaban J connectivity index is 2.10. The van der Waals surface area contributed by atoms with Gasteiger partial charge in [0.1, 0.15) is 5.75 Å². The number of nitrogens with zero attached hydrogens (tertiary/aromatic N) is 1. The molecule has 1 saturated heterocycles. The molecule has 130 valence electrons. The molecule has 1 heterocycles. The normalized spacial score (nSPS) is 17.9. The van der Waals surface area contributed by atoms with Crippen molar-refractivity contribution in [2.45, 2.75) is 31.7 Å². The first kappa shape index (κ1) is 18.2. The van der Waals surface area contributed by atoms with Crippen LogP contribution in [0.4, 0.5) is 0 Å². The lowest BCUT2D eigenvalue weighted by Crippen LogP contribution is -2.47. The zero-order valence-corrected chi connectivity index (χ0v) is 15.1. The number of rotatable bonds is 6. The first-order valence-electron chi connectivity index (χ1n) is 7.82. The average molecular weight is 342 g/mol. The highest BCUT2D eigenvalue weighted by Crippen LogP contribution is 2.25. The smallest absolute Gasteiger partial charge is 0.241 e. The van der Waals surface area contributed by atoms with E-state index in [1.165, 1.54) is 0 Å². The van der Waals surface area contributed by atoms with Crippen LogP contribution in [0.3, 0.4) is 0 Å². The summed E-state index contributed by atoms with van der Waals surface area (Å²) < 4.78 is 38.6. The third-order valence-corrected chi connectivity index (χ3v) is 5.90. The van der Waals surface area contributed by atoms with Crippen LogP contribution in [0.1, 0.15) is 18.1 Å². The maximum Gasteiger partial charge on any atom is 0.241 e. The fourth-order valence-corrected chi connectivity index (χ4v) is 4.47. The van der Waals surface area contributed by atoms with Crippen LogP contribution >= 0.6 is 0 Å². The van der Waals surface area contributed by atoms with Crippen molar-refractivity contribution in [3.05, 3.63) is 23.3 Å². The highest BCUT2D eigenvalue weighted by Gasteiger charge is 2.23. The predicted octanol–water partition coefficient (Wildman–Crippen LogP) is 1.31. The van der Waals surface area contributed by atoms with Crippen molar-refractivity contribution in [3.63, 3.8) is 0 Å². The van der Waals surface area contributed by atoms with Crippen LogP contribution in [-0.2, 0) is 14.8 Å². The summed E-state index contributed by atoms with van der Waals surface area (Å²) in [5.74, 6) is 0.667. The fraction of sp³-hybridized carbons (Fsp3) is 0.625. The number of hydrogen-bond acceptors (Lipinski definition) is 5. The van der Waals surface area contributed by atoms with E-state index in [1.807, 2.05) is 6.92 Å². The lowest BCUT2D eigenvalue weighted by atomic mass is 10.1. The molecule has 0 aromatic heterocycles. The molecular weight excluding hydrogens is 316 g/mol. The van der Waals surface area contributed by atoms with Crippen molar-refractivity contribution in [2.24, 2.45) is 0 Å². The standard InChI is InChI=1S/C16H26N2O4S/c1-12-9-15(21-4)10-13(2)16(12)23(19,20)17-11-14(3)18-5-7-22-8-6-18/h9-10,14,17H,5-8,11H2,1-4H3/t14-/m1/s1. The minimum absolute atomic E-state index is 0.132. The monoisotopic (exact) mass is 342 g/mol. The van der Waals surface area contributed by atoms with Crippen LogP contribution < -0.4 is 9.46 Å². The molecular formula is C16H26N2O4S. The van der Waals surface area contributed by atoms with E-state index in [-0.39, 0.29) is 6.04 Å². The number of morpholine rings is 1. The van der Waals surface area contributed by atoms with Gasteiger partial charge in [0, 0.05) is 25.7 Å². The summed E-state index contributed by atoms with van der Waals surface area (Å²) in [5, 5.41) is 0. The predicted molar refractivity (Wildman–Crippen MR) is 89.5 cm³/mol. The van der Waals surface area contributed by atoms with Gasteiger partial charge in [-0.05, 0) is 44.0 Å². The van der Waals surface area contributed by atoms with E-state index in [0.717, 1.165) is 13.1 Å². The first-order valence-corrected chi connectivity index (χ1v) is 9.30. The van der Waals surface area contributed by atoms with Gasteiger partial charge >= 0.3 is 0 Å². The summed E-state index contributed by atoms with van der Waals surface area (Å²) in [5.41, 5.74) is 1.38. The highest BCUT2D eigenvalue weighted by atomic mass is 32.2. The Kier molecular flexibility index (Phi) is 6.02. The van der Waals surface area contributed by atoms with E-state index < -0.39 is 10.0 Å². The summed E-state index contributed by atoms with van der Waals surface area (Å²) in [6, 6.07) is 3.62. The quantitative estimate of drug-likeness (QED) is 0.844. The number of hydrogen-bond donors (Lipinski definition) is 1. The topological polar surface area (TPSA) is 67.9 Å². The number of benzene rings is 1. The maximum absolute atomic E-state index is 12.7. The third-order valence-electron chi connectivity index (χ3n) is 4.18. The van der Waals surface area contributed by atoms with E-state index in [9.17, 15) is 8.42 Å². The Morgan fingerprint density at radius 2 is 1.83 bits per heavy atom. The zero-order chi connectivity index (χ0) is 17.0. The van der Waals surface area contributed by atoms with Crippen LogP contribution in [0.2, 0.25) is 0 Å². The molecule has 1 N–H and O–H groups in total. The van der Waals surface area contributed by atoms with Gasteiger partial charge in [-0.2, -0.15) is 0 Å². The summed E-state index contributed by atoms with van der Waals surface area (Å²) in [4.78, 5) is 2.58. The van der Waals surface area contributed by atoms with Gasteiger partial charge in [-0.3, -0.25) is 4.90 Å². The van der Waals surface area contributed by atoms with Crippen molar-refractivity contribution in [1.82, 2.24) is 9.62 Å². The molecule has 23 heavy (non-hydrogen) atoms. The summed E-state index contributed by atoms with van der Waals surface area (Å²) in [7, 11) is -1.97. The van der Waals surface area contributed by atoms with E-state index in [0.29, 0.717) is 41.5 Å². The van der Waals surface area contributed by atoms with E-state index in [4.69, 9.17) is 9.47 Å². The van der Waals surface area contributed by atoms with Gasteiger partial charge in [0.15, 0.2) is 0 Å². The summed E-state index contributed by atoms with van der Waals surface area (Å²) in [6.07, 6.45) is 0. The van der Waals surface area contributed by atoms with E-state index >= 15 is 0 Å². The van der Waals surface area contributed by atoms with Gasteiger partial charge in [-0.15, -0.1) is 0 Å². The second kappa shape index (κ2) is 7.61. The fourth-order valence-electron chi connectivity index (χ4n) is 2.90. The number of methoxy groups -OCH3 is 1. The molecule has 0 aliphatic carbocycles. The van der Waals surface area contributed by atoms with Gasteiger partial charge in [0.2, 0.25) is 10.0 Å². The van der Waals surface area contributed by atoms with E-state index in [1.54, 1.807) is 33.1 Å². The summed E-state index contributed by atoms with van der Waals surface area (Å²) >= 11 is 0. The zero-order valence-electron chi connectivity index (χ0n) is 14.3. The second-order valence-electron chi connectivity index (χ2n) is 5.94. The number of ether oxygens (including phenoxy) is 2. The van der Waals surface area contributed by atoms with Crippen LogP contribution in [0.5, 0.6) is 5.75 Å². The molecule has 1 aliphatic rings. The van der Waals surface area contributed by atoms with Gasteiger partial charge < -0.3 is 9.47 Å². The van der Waals surface area contributed by atoms with Crippen LogP contribution in [0, 0.1) is 13.8 Å². The second-order valence-corrected chi connectivity index (χ2v) is 7.64. The Labute approximate surface area is 138 Å². The van der Waals surface area contributed by atoms with Crippen molar-refractivity contribution in [3.8, 4) is 5.75 Å². The minimum Gasteiger partial charge on any atom is -0.497 e. The van der Waals surface area contributed by atoms with Gasteiger partial charge in [-0.1, -0.05) is 0 Å². The van der Waals surface area contributed by atoms with Crippen LogP contribution in [0.25, 0.3) is 0 Å². The molecule has 2 rings (SSSR count). The molecule has 0 unspecified atom stereocenters. The Hall–Kier alpha value is -1.15. The highest BCUT2D eigenvalue weighted by molar-refractivity contribution is 7.89. The molecule has 1 atom stereocenters. The largest absolute Gasteiger partial charge is 0.497 e. The molecule has 1 fully saturated rings. The Morgan fingerprint density at radius 3 is 2.35 bits per heavy atom. The molecule has 7 heteroatoms. The molecule has 0 radical (unpaired) electrons. The molecule has 1 aliphatic heterocycles.